The van der Waals surface area contributed by atoms with Gasteiger partial charge in [0.05, 0.1) is 11.3 Å². The Morgan fingerprint density at radius 3 is 2.43 bits per heavy atom. The van der Waals surface area contributed by atoms with Crippen molar-refractivity contribution in [1.29, 1.82) is 0 Å². The van der Waals surface area contributed by atoms with Gasteiger partial charge in [-0.05, 0) is 61.1 Å². The summed E-state index contributed by atoms with van der Waals surface area (Å²) in [7, 11) is 0. The smallest absolute Gasteiger partial charge is 0.421 e. The molecule has 0 aliphatic rings. The van der Waals surface area contributed by atoms with Gasteiger partial charge in [0.25, 0.3) is 5.69 Å². The first kappa shape index (κ1) is 21.7. The van der Waals surface area contributed by atoms with Crippen LogP contribution in [-0.2, 0) is 4.57 Å². The lowest BCUT2D eigenvalue weighted by Crippen LogP contribution is -1.98. The normalized spacial score (nSPS) is 13.1. The molecule has 1 N–H and O–H groups in total. The van der Waals surface area contributed by atoms with E-state index < -0.39 is 11.6 Å². The van der Waals surface area contributed by atoms with Crippen molar-refractivity contribution in [2.75, 3.05) is 11.1 Å². The second-order valence-corrected chi connectivity index (χ2v) is 9.84. The number of carbonyl (C=O) groups is 1. The molecule has 1 atom stereocenters. The minimum absolute atomic E-state index is 0.0304. The lowest BCUT2D eigenvalue weighted by Gasteiger charge is -2.14. The van der Waals surface area contributed by atoms with Gasteiger partial charge in [-0.3, -0.25) is 14.9 Å². The van der Waals surface area contributed by atoms with Gasteiger partial charge in [-0.2, -0.15) is 4.76 Å². The maximum absolute atomic E-state index is 13.0. The molecule has 0 fully saturated rings. The van der Waals surface area contributed by atoms with E-state index in [4.69, 9.17) is 4.52 Å². The lowest BCUT2D eigenvalue weighted by molar-refractivity contribution is -0.384. The maximum Gasteiger partial charge on any atom is 0.422 e. The minimum atomic E-state index is -3.46. The zero-order chi connectivity index (χ0) is 20.6. The van der Waals surface area contributed by atoms with E-state index in [0.717, 1.165) is 17.8 Å². The molecule has 10 heteroatoms. The van der Waals surface area contributed by atoms with E-state index in [2.05, 4.69) is 10.1 Å². The summed E-state index contributed by atoms with van der Waals surface area (Å²) in [5, 5.41) is 13.6. The van der Waals surface area contributed by atoms with Gasteiger partial charge < -0.3 is 9.84 Å². The Kier molecular flexibility index (Phi) is 7.78. The number of hydrogen-bond donors (Lipinski definition) is 1. The molecule has 8 nitrogen and oxygen atoms in total. The molecule has 0 radical (unpaired) electrons. The van der Waals surface area contributed by atoms with Crippen molar-refractivity contribution in [2.45, 2.75) is 20.3 Å². The zero-order valence-electron chi connectivity index (χ0n) is 15.4. The summed E-state index contributed by atoms with van der Waals surface area (Å²) in [6.45, 7) is -0.0262. The average molecular weight is 421 g/mol. The van der Waals surface area contributed by atoms with Crippen molar-refractivity contribution in [3.05, 3.63) is 64.2 Å². The van der Waals surface area contributed by atoms with Crippen molar-refractivity contribution < 1.29 is 18.8 Å². The number of rotatable bonds is 10. The highest BCUT2D eigenvalue weighted by Crippen LogP contribution is 2.60. The quantitative estimate of drug-likeness (QED) is 0.133. The van der Waals surface area contributed by atoms with Crippen LogP contribution in [-0.4, -0.2) is 22.8 Å². The maximum atomic E-state index is 13.0. The average Bonchev–Trinajstić information content (AvgIpc) is 2.67. The van der Waals surface area contributed by atoms with Crippen LogP contribution < -0.4 is 9.84 Å². The number of benzene rings is 2. The van der Waals surface area contributed by atoms with E-state index in [0.29, 0.717) is 17.0 Å². The van der Waals surface area contributed by atoms with E-state index in [1.165, 1.54) is 37.5 Å². The van der Waals surface area contributed by atoms with E-state index in [-0.39, 0.29) is 17.2 Å². The van der Waals surface area contributed by atoms with Gasteiger partial charge >= 0.3 is 6.72 Å². The lowest BCUT2D eigenvalue weighted by atomic mass is 10.1. The van der Waals surface area contributed by atoms with Crippen molar-refractivity contribution in [1.82, 2.24) is 0 Å². The Balaban J connectivity index is 2.09. The highest BCUT2D eigenvalue weighted by molar-refractivity contribution is 8.56. The van der Waals surface area contributed by atoms with Crippen LogP contribution in [0.3, 0.4) is 0 Å². The number of Topliss-reactive ketones (excluding diaryl/α,β-unsaturated/α-hetero) is 1. The second-order valence-electron chi connectivity index (χ2n) is 5.67. The van der Waals surface area contributed by atoms with Crippen LogP contribution >= 0.6 is 18.1 Å². The molecule has 2 aromatic rings. The number of non-ortho nitro benzene ring substituents is 1. The molecule has 0 saturated heterocycles. The van der Waals surface area contributed by atoms with Crippen molar-refractivity contribution in [3.8, 4) is 5.75 Å². The zero-order valence-corrected chi connectivity index (χ0v) is 17.1. The summed E-state index contributed by atoms with van der Waals surface area (Å²) < 4.78 is 22.6. The van der Waals surface area contributed by atoms with Gasteiger partial charge in [-0.15, -0.1) is 0 Å². The molecular weight excluding hydrogens is 401 g/mol. The van der Waals surface area contributed by atoms with Crippen LogP contribution in [0.1, 0.15) is 30.6 Å². The standard InChI is InChI=1S/C18H20N3O5PS/c1-3-12-28-27(25,26-18-10-8-17(9-11-18)21(23)24)20-13-19-16-6-4-15(5-7-16)14(2)22/h4-11,13H,3,12H2,1-2H3,(H,19,20,25). The SMILES string of the molecule is CCCSP(=O)(N=CNc1ccc(C(C)=O)cc1)Oc1ccc([N+](=O)[O-])cc1. The number of nitrogens with zero attached hydrogens (tertiary/aromatic N) is 2. The summed E-state index contributed by atoms with van der Waals surface area (Å²) in [6, 6.07) is 12.1. The Hall–Kier alpha value is -2.64. The first-order valence-electron chi connectivity index (χ1n) is 8.43. The van der Waals surface area contributed by atoms with Crippen LogP contribution in [0.25, 0.3) is 0 Å². The third-order valence-corrected chi connectivity index (χ3v) is 7.24. The monoisotopic (exact) mass is 421 g/mol. The van der Waals surface area contributed by atoms with Crippen molar-refractivity contribution in [3.63, 3.8) is 0 Å². The summed E-state index contributed by atoms with van der Waals surface area (Å²) >= 11 is 1.09. The number of nitrogens with one attached hydrogen (secondary N) is 1. The molecule has 2 rings (SSSR count). The molecule has 2 aromatic carbocycles. The van der Waals surface area contributed by atoms with Crippen molar-refractivity contribution >= 4 is 41.6 Å². The summed E-state index contributed by atoms with van der Waals surface area (Å²) in [5.41, 5.74) is 1.19. The van der Waals surface area contributed by atoms with Gasteiger partial charge in [-0.25, -0.2) is 4.57 Å². The molecule has 0 aromatic heterocycles. The molecule has 0 amide bonds. The van der Waals surface area contributed by atoms with Gasteiger partial charge in [0.1, 0.15) is 5.75 Å². The van der Waals surface area contributed by atoms with E-state index in [1.54, 1.807) is 24.3 Å². The van der Waals surface area contributed by atoms with E-state index in [1.807, 2.05) is 6.92 Å². The summed E-state index contributed by atoms with van der Waals surface area (Å²) in [4.78, 5) is 21.5. The fourth-order valence-corrected chi connectivity index (χ4v) is 5.19. The van der Waals surface area contributed by atoms with Crippen molar-refractivity contribution in [2.24, 2.45) is 4.76 Å². The number of carbonyl (C=O) groups excluding carboxylic acids is 1. The van der Waals surface area contributed by atoms with E-state index >= 15 is 0 Å². The van der Waals surface area contributed by atoms with Crippen LogP contribution in [0, 0.1) is 10.1 Å². The number of nitro benzene ring substituents is 1. The first-order valence-corrected chi connectivity index (χ1v) is 11.6. The molecule has 0 spiro atoms. The Morgan fingerprint density at radius 2 is 1.89 bits per heavy atom. The highest BCUT2D eigenvalue weighted by atomic mass is 32.7. The van der Waals surface area contributed by atoms with Crippen LogP contribution in [0.2, 0.25) is 0 Å². The molecule has 0 aliphatic heterocycles. The summed E-state index contributed by atoms with van der Waals surface area (Å²) in [5.74, 6) is 0.784. The second kappa shape index (κ2) is 10.1. The largest absolute Gasteiger partial charge is 0.422 e. The van der Waals surface area contributed by atoms with Crippen LogP contribution in [0.15, 0.2) is 53.3 Å². The number of nitro groups is 1. The molecule has 148 valence electrons. The molecule has 28 heavy (non-hydrogen) atoms. The molecule has 0 aliphatic carbocycles. The van der Waals surface area contributed by atoms with Crippen LogP contribution in [0.5, 0.6) is 5.75 Å². The number of anilines is 1. The fourth-order valence-electron chi connectivity index (χ4n) is 2.03. The third kappa shape index (κ3) is 6.51. The fraction of sp³-hybridized carbons (Fsp3) is 0.222. The third-order valence-electron chi connectivity index (χ3n) is 3.45. The Bertz CT molecular complexity index is 900. The topological polar surface area (TPSA) is 111 Å². The minimum Gasteiger partial charge on any atom is -0.421 e. The first-order chi connectivity index (χ1) is 13.3. The van der Waals surface area contributed by atoms with Gasteiger partial charge in [0, 0.05) is 29.1 Å². The van der Waals surface area contributed by atoms with Gasteiger partial charge in [0.2, 0.25) is 0 Å². The van der Waals surface area contributed by atoms with E-state index in [9.17, 15) is 19.5 Å². The predicted octanol–water partition coefficient (Wildman–Crippen LogP) is 5.57. The molecule has 0 heterocycles. The van der Waals surface area contributed by atoms with Gasteiger partial charge in [-0.1, -0.05) is 6.92 Å². The highest BCUT2D eigenvalue weighted by Gasteiger charge is 2.24. The predicted molar refractivity (Wildman–Crippen MR) is 113 cm³/mol. The summed E-state index contributed by atoms with van der Waals surface area (Å²) in [6.07, 6.45) is 2.07. The molecular formula is C18H20N3O5PS. The number of ketones is 1. The molecule has 1 unspecified atom stereocenters. The molecule has 0 bridgehead atoms. The Morgan fingerprint density at radius 1 is 1.25 bits per heavy atom. The van der Waals surface area contributed by atoms with Gasteiger partial charge in [0.15, 0.2) is 5.78 Å². The number of hydrogen-bond acceptors (Lipinski definition) is 6. The Labute approximate surface area is 166 Å². The van der Waals surface area contributed by atoms with Crippen LogP contribution in [0.4, 0.5) is 11.4 Å². The molecule has 0 saturated carbocycles.